The zero-order chi connectivity index (χ0) is 20.0. The van der Waals surface area contributed by atoms with Gasteiger partial charge >= 0.3 is 5.69 Å². The molecule has 140 valence electrons. The summed E-state index contributed by atoms with van der Waals surface area (Å²) >= 11 is 0. The van der Waals surface area contributed by atoms with Crippen molar-refractivity contribution in [3.63, 3.8) is 0 Å². The quantitative estimate of drug-likeness (QED) is 0.409. The number of pyridine rings is 1. The number of fused-ring (bicyclic) bond motifs is 1. The van der Waals surface area contributed by atoms with Crippen molar-refractivity contribution in [3.05, 3.63) is 53.6 Å². The second kappa shape index (κ2) is 8.41. The van der Waals surface area contributed by atoms with Gasteiger partial charge < -0.3 is 14.0 Å². The maximum atomic E-state index is 9.23. The Kier molecular flexibility index (Phi) is 6.25. The van der Waals surface area contributed by atoms with E-state index in [-0.39, 0.29) is 0 Å². The molecule has 0 aliphatic rings. The molecule has 0 fully saturated rings. The zero-order valence-corrected chi connectivity index (χ0v) is 15.2. The number of rotatable bonds is 3. The molecule has 0 spiro atoms. The Balaban J connectivity index is 0.000000465. The largest absolute Gasteiger partial charge is 0.726 e. The number of ether oxygens (including phenoxy) is 2. The van der Waals surface area contributed by atoms with Gasteiger partial charge in [-0.2, -0.15) is 0 Å². The van der Waals surface area contributed by atoms with Crippen LogP contribution in [0.4, 0.5) is 5.69 Å². The summed E-state index contributed by atoms with van der Waals surface area (Å²) in [6.45, 7) is 0. The Morgan fingerprint density at radius 3 is 2.37 bits per heavy atom. The van der Waals surface area contributed by atoms with Crippen molar-refractivity contribution in [2.45, 2.75) is 0 Å². The number of hydrogen-bond donors (Lipinski definition) is 1. The first-order valence-electron chi connectivity index (χ1n) is 7.42. The summed E-state index contributed by atoms with van der Waals surface area (Å²) in [5.41, 5.74) is 2.85. The normalized spacial score (nSPS) is 10.5. The van der Waals surface area contributed by atoms with Crippen molar-refractivity contribution in [2.75, 3.05) is 14.2 Å². The fraction of sp³-hybridized carbons (Fsp3) is 0.118. The number of methoxy groups -OCH3 is 2. The Bertz CT molecular complexity index is 1100. The molecule has 0 saturated heterocycles. The van der Waals surface area contributed by atoms with Crippen molar-refractivity contribution >= 4 is 27.0 Å². The smallest absolute Gasteiger partial charge is 0.392 e. The molecule has 0 bridgehead atoms. The van der Waals surface area contributed by atoms with E-state index in [1.807, 2.05) is 36.4 Å². The first kappa shape index (κ1) is 20.1. The van der Waals surface area contributed by atoms with Crippen LogP contribution in [-0.4, -0.2) is 36.7 Å². The SMILES string of the molecule is COc1cc(-c2ccccc2[N+]#N)c2cccnc2c1OC.O=S(=O)([O-])O. The highest BCUT2D eigenvalue weighted by Gasteiger charge is 2.21. The minimum atomic E-state index is -4.92. The summed E-state index contributed by atoms with van der Waals surface area (Å²) in [6.07, 6.45) is 1.70. The summed E-state index contributed by atoms with van der Waals surface area (Å²) < 4.78 is 43.7. The Labute approximate surface area is 155 Å². The predicted molar refractivity (Wildman–Crippen MR) is 97.4 cm³/mol. The predicted octanol–water partition coefficient (Wildman–Crippen LogP) is 3.41. The van der Waals surface area contributed by atoms with Gasteiger partial charge in [0.25, 0.3) is 0 Å². The van der Waals surface area contributed by atoms with E-state index in [0.717, 1.165) is 16.5 Å². The monoisotopic (exact) mass is 389 g/mol. The van der Waals surface area contributed by atoms with Gasteiger partial charge in [-0.25, -0.2) is 8.42 Å². The van der Waals surface area contributed by atoms with Gasteiger partial charge in [-0.05, 0) is 18.2 Å². The lowest BCUT2D eigenvalue weighted by Crippen LogP contribution is -1.95. The molecule has 0 aliphatic carbocycles. The van der Waals surface area contributed by atoms with Crippen molar-refractivity contribution in [1.82, 2.24) is 4.98 Å². The Hall–Kier alpha value is -3.26. The van der Waals surface area contributed by atoms with Crippen molar-refractivity contribution in [1.29, 1.82) is 5.39 Å². The number of diazo groups is 1. The average molecular weight is 389 g/mol. The van der Waals surface area contributed by atoms with Crippen LogP contribution in [0.15, 0.2) is 48.7 Å². The van der Waals surface area contributed by atoms with Gasteiger partial charge in [0.2, 0.25) is 15.8 Å². The minimum absolute atomic E-state index is 0.486. The molecule has 0 amide bonds. The molecule has 1 aromatic heterocycles. The van der Waals surface area contributed by atoms with E-state index >= 15 is 0 Å². The van der Waals surface area contributed by atoms with Crippen molar-refractivity contribution in [3.8, 4) is 22.6 Å². The lowest BCUT2D eigenvalue weighted by atomic mass is 9.98. The van der Waals surface area contributed by atoms with Gasteiger partial charge in [0.15, 0.2) is 16.5 Å². The first-order chi connectivity index (χ1) is 12.8. The molecule has 10 heteroatoms. The molecule has 2 aromatic carbocycles. The van der Waals surface area contributed by atoms with E-state index in [4.69, 9.17) is 27.0 Å². The summed E-state index contributed by atoms with van der Waals surface area (Å²) in [5.74, 6) is 1.16. The van der Waals surface area contributed by atoms with Crippen LogP contribution in [0.5, 0.6) is 11.5 Å². The maximum absolute atomic E-state index is 9.23. The molecule has 27 heavy (non-hydrogen) atoms. The number of benzene rings is 2. The van der Waals surface area contributed by atoms with Crippen molar-refractivity contribution < 1.29 is 27.0 Å². The van der Waals surface area contributed by atoms with Gasteiger partial charge in [0, 0.05) is 23.2 Å². The summed E-state index contributed by atoms with van der Waals surface area (Å²) in [5, 5.41) is 10.1. The maximum Gasteiger partial charge on any atom is 0.392 e. The lowest BCUT2D eigenvalue weighted by Gasteiger charge is -2.13. The fourth-order valence-electron chi connectivity index (χ4n) is 2.55. The molecule has 1 heterocycles. The third-order valence-electron chi connectivity index (χ3n) is 3.54. The van der Waals surface area contributed by atoms with Crippen LogP contribution in [0.3, 0.4) is 0 Å². The average Bonchev–Trinajstić information content (AvgIpc) is 2.65. The molecule has 0 aliphatic heterocycles. The van der Waals surface area contributed by atoms with Crippen LogP contribution in [0.1, 0.15) is 0 Å². The topological polar surface area (TPSA) is 137 Å². The minimum Gasteiger partial charge on any atom is -0.726 e. The van der Waals surface area contributed by atoms with Gasteiger partial charge in [0.05, 0.1) is 19.8 Å². The van der Waals surface area contributed by atoms with E-state index in [9.17, 15) is 5.39 Å². The highest BCUT2D eigenvalue weighted by atomic mass is 32.3. The van der Waals surface area contributed by atoms with Crippen LogP contribution in [0, 0.1) is 5.39 Å². The third-order valence-corrected chi connectivity index (χ3v) is 3.54. The lowest BCUT2D eigenvalue weighted by molar-refractivity contribution is 0.358. The highest BCUT2D eigenvalue weighted by molar-refractivity contribution is 7.79. The van der Waals surface area contributed by atoms with E-state index in [0.29, 0.717) is 22.7 Å². The molecular weight excluding hydrogens is 374 g/mol. The van der Waals surface area contributed by atoms with Gasteiger partial charge in [0.1, 0.15) is 5.52 Å². The third kappa shape index (κ3) is 4.89. The molecule has 3 rings (SSSR count). The number of aromatic nitrogens is 1. The summed E-state index contributed by atoms with van der Waals surface area (Å²) in [7, 11) is -1.75. The molecular formula is C17H15N3O6S. The Morgan fingerprint density at radius 2 is 1.78 bits per heavy atom. The summed E-state index contributed by atoms with van der Waals surface area (Å²) in [4.78, 5) is 7.76. The van der Waals surface area contributed by atoms with E-state index < -0.39 is 10.4 Å². The van der Waals surface area contributed by atoms with Gasteiger partial charge in [-0.3, -0.25) is 9.54 Å². The highest BCUT2D eigenvalue weighted by Crippen LogP contribution is 2.43. The standard InChI is InChI=1S/C17H14N3O2.H2O4S/c1-21-15-10-13(11-6-3-4-8-14(11)20-18)12-7-5-9-19-16(12)17(15)22-2;1-5(2,3)4/h3-10H,1-2H3;(H2,1,2,3,4)/q+1;/p-1. The van der Waals surface area contributed by atoms with Crippen LogP contribution < -0.4 is 9.47 Å². The molecule has 0 radical (unpaired) electrons. The van der Waals surface area contributed by atoms with Crippen LogP contribution >= 0.6 is 0 Å². The first-order valence-corrected chi connectivity index (χ1v) is 8.79. The molecule has 0 unspecified atom stereocenters. The van der Waals surface area contributed by atoms with Crippen LogP contribution in [0.25, 0.3) is 27.0 Å². The molecule has 0 atom stereocenters. The van der Waals surface area contributed by atoms with Crippen LogP contribution in [0.2, 0.25) is 0 Å². The second-order valence-corrected chi connectivity index (χ2v) is 5.96. The molecule has 0 saturated carbocycles. The van der Waals surface area contributed by atoms with Gasteiger partial charge in [-0.15, -0.1) is 0 Å². The molecule has 1 N–H and O–H groups in total. The number of nitrogens with zero attached hydrogens (tertiary/aromatic N) is 3. The number of hydrogen-bond acceptors (Lipinski definition) is 7. The molecule has 9 nitrogen and oxygen atoms in total. The Morgan fingerprint density at radius 1 is 1.11 bits per heavy atom. The van der Waals surface area contributed by atoms with E-state index in [1.54, 1.807) is 26.5 Å². The fourth-order valence-corrected chi connectivity index (χ4v) is 2.55. The second-order valence-electron chi connectivity index (χ2n) is 5.10. The van der Waals surface area contributed by atoms with E-state index in [1.165, 1.54) is 0 Å². The van der Waals surface area contributed by atoms with Crippen LogP contribution in [-0.2, 0) is 10.4 Å². The van der Waals surface area contributed by atoms with E-state index in [2.05, 4.69) is 9.96 Å². The zero-order valence-electron chi connectivity index (χ0n) is 14.4. The van der Waals surface area contributed by atoms with Gasteiger partial charge in [-0.1, -0.05) is 18.2 Å². The molecule has 3 aromatic rings. The van der Waals surface area contributed by atoms with Crippen molar-refractivity contribution in [2.24, 2.45) is 0 Å². The summed E-state index contributed by atoms with van der Waals surface area (Å²) in [6, 6.07) is 13.0.